The van der Waals surface area contributed by atoms with Crippen molar-refractivity contribution in [3.63, 3.8) is 0 Å². The van der Waals surface area contributed by atoms with E-state index >= 15 is 0 Å². The summed E-state index contributed by atoms with van der Waals surface area (Å²) in [6.07, 6.45) is -0.418. The van der Waals surface area contributed by atoms with Crippen molar-refractivity contribution in [1.82, 2.24) is 0 Å². The number of methoxy groups -OCH3 is 1. The highest BCUT2D eigenvalue weighted by molar-refractivity contribution is 5.79. The summed E-state index contributed by atoms with van der Waals surface area (Å²) in [5, 5.41) is 8.64. The molecular weight excluding hydrogens is 247 g/mol. The molecular formula is C11H11FO6. The van der Waals surface area contributed by atoms with Crippen LogP contribution in [0.5, 0.6) is 0 Å². The molecule has 6 nitrogen and oxygen atoms in total. The molecule has 0 fully saturated rings. The number of halogens is 1. The Morgan fingerprint density at radius 2 is 2.28 bits per heavy atom. The van der Waals surface area contributed by atoms with E-state index in [9.17, 15) is 18.8 Å². The molecule has 18 heavy (non-hydrogen) atoms. The largest absolute Gasteiger partial charge is 0.481 e. The number of carbonyl (C=O) groups excluding carboxylic acids is 2. The molecule has 1 heterocycles. The summed E-state index contributed by atoms with van der Waals surface area (Å²) in [6, 6.07) is 0.946. The molecule has 0 saturated carbocycles. The number of carboxylic acid groups (broad SMARTS) is 1. The van der Waals surface area contributed by atoms with Gasteiger partial charge in [0, 0.05) is 12.5 Å². The SMILES string of the molecule is COC(=O)C(CC(=O)O)Cc1cc(F)c(C=O)o1. The van der Waals surface area contributed by atoms with Crippen LogP contribution in [0, 0.1) is 11.7 Å². The van der Waals surface area contributed by atoms with Gasteiger partial charge in [-0.3, -0.25) is 14.4 Å². The number of hydrogen-bond acceptors (Lipinski definition) is 5. The molecule has 1 atom stereocenters. The van der Waals surface area contributed by atoms with E-state index in [2.05, 4.69) is 4.74 Å². The van der Waals surface area contributed by atoms with Crippen LogP contribution in [0.2, 0.25) is 0 Å². The molecule has 0 spiro atoms. The van der Waals surface area contributed by atoms with E-state index in [4.69, 9.17) is 9.52 Å². The van der Waals surface area contributed by atoms with Crippen LogP contribution in [0.15, 0.2) is 10.5 Å². The highest BCUT2D eigenvalue weighted by Gasteiger charge is 2.25. The van der Waals surface area contributed by atoms with Crippen LogP contribution >= 0.6 is 0 Å². The number of carbonyl (C=O) groups is 3. The molecule has 1 aromatic rings. The molecule has 0 bridgehead atoms. The molecule has 0 radical (unpaired) electrons. The number of carboxylic acids is 1. The summed E-state index contributed by atoms with van der Waals surface area (Å²) in [4.78, 5) is 32.3. The van der Waals surface area contributed by atoms with Crippen molar-refractivity contribution in [2.24, 2.45) is 5.92 Å². The van der Waals surface area contributed by atoms with Gasteiger partial charge in [-0.2, -0.15) is 0 Å². The Balaban J connectivity index is 2.84. The number of aldehydes is 1. The van der Waals surface area contributed by atoms with Crippen molar-refractivity contribution in [3.05, 3.63) is 23.4 Å². The third-order valence-corrected chi connectivity index (χ3v) is 2.27. The predicted molar refractivity (Wildman–Crippen MR) is 55.5 cm³/mol. The highest BCUT2D eigenvalue weighted by Crippen LogP contribution is 2.18. The lowest BCUT2D eigenvalue weighted by molar-refractivity contribution is -0.150. The average Bonchev–Trinajstić information content (AvgIpc) is 2.67. The Bertz CT molecular complexity index is 464. The fourth-order valence-electron chi connectivity index (χ4n) is 1.47. The van der Waals surface area contributed by atoms with Gasteiger partial charge in [0.05, 0.1) is 19.4 Å². The number of esters is 1. The van der Waals surface area contributed by atoms with E-state index < -0.39 is 35.9 Å². The standard InChI is InChI=1S/C11H11FO6/c1-17-11(16)6(3-10(14)15)2-7-4-8(12)9(5-13)18-7/h4-6H,2-3H2,1H3,(H,14,15). The van der Waals surface area contributed by atoms with Crippen molar-refractivity contribution in [2.45, 2.75) is 12.8 Å². The second-order valence-electron chi connectivity index (χ2n) is 3.56. The first-order valence-corrected chi connectivity index (χ1v) is 5.01. The Hall–Kier alpha value is -2.18. The van der Waals surface area contributed by atoms with Gasteiger partial charge in [-0.25, -0.2) is 4.39 Å². The molecule has 0 aromatic carbocycles. The van der Waals surface area contributed by atoms with Crippen LogP contribution in [-0.2, 0) is 20.7 Å². The number of rotatable bonds is 6. The minimum absolute atomic E-state index is 0.0197. The Labute approximate surface area is 101 Å². The minimum Gasteiger partial charge on any atom is -0.481 e. The van der Waals surface area contributed by atoms with Crippen molar-refractivity contribution in [3.8, 4) is 0 Å². The van der Waals surface area contributed by atoms with Crippen LogP contribution in [0.25, 0.3) is 0 Å². The molecule has 1 rings (SSSR count). The molecule has 0 aliphatic rings. The monoisotopic (exact) mass is 258 g/mol. The lowest BCUT2D eigenvalue weighted by Crippen LogP contribution is -2.21. The number of ether oxygens (including phenoxy) is 1. The number of furan rings is 1. The normalized spacial score (nSPS) is 11.9. The quantitative estimate of drug-likeness (QED) is 0.605. The van der Waals surface area contributed by atoms with E-state index in [1.807, 2.05) is 0 Å². The van der Waals surface area contributed by atoms with E-state index in [-0.39, 0.29) is 18.5 Å². The van der Waals surface area contributed by atoms with Gasteiger partial charge in [0.1, 0.15) is 5.76 Å². The van der Waals surface area contributed by atoms with Crippen LogP contribution in [0.3, 0.4) is 0 Å². The summed E-state index contributed by atoms with van der Waals surface area (Å²) in [5.74, 6) is -4.22. The highest BCUT2D eigenvalue weighted by atomic mass is 19.1. The summed E-state index contributed by atoms with van der Waals surface area (Å²) < 4.78 is 22.3. The molecule has 1 aromatic heterocycles. The Kier molecular flexibility index (Phi) is 4.59. The Morgan fingerprint density at radius 3 is 2.72 bits per heavy atom. The minimum atomic E-state index is -1.19. The van der Waals surface area contributed by atoms with Gasteiger partial charge in [-0.15, -0.1) is 0 Å². The van der Waals surface area contributed by atoms with Gasteiger partial charge in [0.2, 0.25) is 5.76 Å². The van der Waals surface area contributed by atoms with Gasteiger partial charge in [-0.05, 0) is 0 Å². The smallest absolute Gasteiger partial charge is 0.309 e. The molecule has 0 aliphatic carbocycles. The lowest BCUT2D eigenvalue weighted by Gasteiger charge is -2.10. The number of hydrogen-bond donors (Lipinski definition) is 1. The van der Waals surface area contributed by atoms with Crippen LogP contribution < -0.4 is 0 Å². The van der Waals surface area contributed by atoms with Crippen molar-refractivity contribution < 1.29 is 33.0 Å². The van der Waals surface area contributed by atoms with Gasteiger partial charge in [0.25, 0.3) is 0 Å². The van der Waals surface area contributed by atoms with Crippen molar-refractivity contribution >= 4 is 18.2 Å². The van der Waals surface area contributed by atoms with Gasteiger partial charge in [-0.1, -0.05) is 0 Å². The molecule has 0 aliphatic heterocycles. The van der Waals surface area contributed by atoms with Gasteiger partial charge >= 0.3 is 11.9 Å². The second kappa shape index (κ2) is 5.95. The average molecular weight is 258 g/mol. The molecule has 0 saturated heterocycles. The number of aliphatic carboxylic acids is 1. The Morgan fingerprint density at radius 1 is 1.61 bits per heavy atom. The first kappa shape index (κ1) is 13.9. The predicted octanol–water partition coefficient (Wildman–Crippen LogP) is 1.04. The molecule has 0 amide bonds. The zero-order valence-corrected chi connectivity index (χ0v) is 9.51. The maximum absolute atomic E-state index is 13.0. The first-order chi connectivity index (χ1) is 8.47. The summed E-state index contributed by atoms with van der Waals surface area (Å²) >= 11 is 0. The molecule has 1 unspecified atom stereocenters. The van der Waals surface area contributed by atoms with Crippen LogP contribution in [0.4, 0.5) is 4.39 Å². The molecule has 7 heteroatoms. The van der Waals surface area contributed by atoms with Crippen LogP contribution in [0.1, 0.15) is 22.7 Å². The maximum atomic E-state index is 13.0. The van der Waals surface area contributed by atoms with Gasteiger partial charge in [0.15, 0.2) is 12.1 Å². The third kappa shape index (κ3) is 3.41. The van der Waals surface area contributed by atoms with Crippen molar-refractivity contribution in [2.75, 3.05) is 7.11 Å². The summed E-state index contributed by atoms with van der Waals surface area (Å²) in [6.45, 7) is 0. The maximum Gasteiger partial charge on any atom is 0.309 e. The molecule has 98 valence electrons. The van der Waals surface area contributed by atoms with Gasteiger partial charge < -0.3 is 14.3 Å². The van der Waals surface area contributed by atoms with E-state index in [0.29, 0.717) is 0 Å². The van der Waals surface area contributed by atoms with Crippen LogP contribution in [-0.4, -0.2) is 30.4 Å². The van der Waals surface area contributed by atoms with Crippen molar-refractivity contribution in [1.29, 1.82) is 0 Å². The zero-order chi connectivity index (χ0) is 13.7. The summed E-state index contributed by atoms with van der Waals surface area (Å²) in [7, 11) is 1.12. The summed E-state index contributed by atoms with van der Waals surface area (Å²) in [5.41, 5.74) is 0. The third-order valence-electron chi connectivity index (χ3n) is 2.27. The molecule has 1 N–H and O–H groups in total. The fraction of sp³-hybridized carbons (Fsp3) is 0.364. The first-order valence-electron chi connectivity index (χ1n) is 5.01. The fourth-order valence-corrected chi connectivity index (χ4v) is 1.47. The topological polar surface area (TPSA) is 93.8 Å². The zero-order valence-electron chi connectivity index (χ0n) is 9.51. The van der Waals surface area contributed by atoms with E-state index in [1.165, 1.54) is 0 Å². The second-order valence-corrected chi connectivity index (χ2v) is 3.56. The lowest BCUT2D eigenvalue weighted by atomic mass is 10.0. The van der Waals surface area contributed by atoms with E-state index in [1.54, 1.807) is 0 Å². The van der Waals surface area contributed by atoms with E-state index in [0.717, 1.165) is 13.2 Å².